The van der Waals surface area contributed by atoms with Gasteiger partial charge in [0, 0.05) is 25.0 Å². The van der Waals surface area contributed by atoms with Crippen LogP contribution in [0.25, 0.3) is 11.0 Å². The van der Waals surface area contributed by atoms with E-state index < -0.39 is 0 Å². The first-order valence-corrected chi connectivity index (χ1v) is 6.98. The molecule has 3 nitrogen and oxygen atoms in total. The van der Waals surface area contributed by atoms with Crippen molar-refractivity contribution in [1.82, 2.24) is 14.9 Å². The van der Waals surface area contributed by atoms with Gasteiger partial charge in [-0.1, -0.05) is 40.7 Å². The van der Waals surface area contributed by atoms with Crippen LogP contribution < -0.4 is 5.32 Å². The number of aromatic nitrogens is 2. The average molecular weight is 259 g/mol. The fourth-order valence-corrected chi connectivity index (χ4v) is 2.34. The number of aryl methyl sites for hydroxylation is 1. The molecule has 1 aromatic heterocycles. The highest BCUT2D eigenvalue weighted by Gasteiger charge is 2.21. The summed E-state index contributed by atoms with van der Waals surface area (Å²) in [5.74, 6) is 1.14. The number of nitrogens with zero attached hydrogens (tertiary/aromatic N) is 2. The molecule has 0 aliphatic heterocycles. The molecule has 0 aliphatic carbocycles. The van der Waals surface area contributed by atoms with Crippen molar-refractivity contribution >= 4 is 11.0 Å². The van der Waals surface area contributed by atoms with Crippen LogP contribution in [-0.4, -0.2) is 15.6 Å². The quantitative estimate of drug-likeness (QED) is 0.916. The van der Waals surface area contributed by atoms with E-state index in [2.05, 4.69) is 69.7 Å². The second kappa shape index (κ2) is 4.97. The molecule has 1 aromatic carbocycles. The maximum absolute atomic E-state index is 4.76. The van der Waals surface area contributed by atoms with Crippen LogP contribution in [0.3, 0.4) is 0 Å². The fraction of sp³-hybridized carbons (Fsp3) is 0.562. The van der Waals surface area contributed by atoms with Crippen LogP contribution in [0.2, 0.25) is 0 Å². The largest absolute Gasteiger partial charge is 0.331 e. The van der Waals surface area contributed by atoms with Gasteiger partial charge in [0.25, 0.3) is 0 Å². The molecule has 0 atom stereocenters. The average Bonchev–Trinajstić information content (AvgIpc) is 2.64. The Hall–Kier alpha value is -1.35. The molecular weight excluding hydrogens is 234 g/mol. The highest BCUT2D eigenvalue weighted by atomic mass is 15.1. The lowest BCUT2D eigenvalue weighted by molar-refractivity contribution is 0.526. The maximum Gasteiger partial charge on any atom is 0.115 e. The normalized spacial score (nSPS) is 12.6. The minimum atomic E-state index is 0.0735. The Balaban J connectivity index is 2.40. The Morgan fingerprint density at radius 1 is 1.26 bits per heavy atom. The molecule has 0 unspecified atom stereocenters. The molecule has 0 aliphatic rings. The van der Waals surface area contributed by atoms with Gasteiger partial charge in [0.2, 0.25) is 0 Å². The molecule has 1 heterocycles. The molecule has 19 heavy (non-hydrogen) atoms. The van der Waals surface area contributed by atoms with Gasteiger partial charge in [-0.2, -0.15) is 0 Å². The smallest absolute Gasteiger partial charge is 0.115 e. The zero-order chi connectivity index (χ0) is 14.2. The first kappa shape index (κ1) is 14.1. The van der Waals surface area contributed by atoms with Gasteiger partial charge < -0.3 is 9.88 Å². The first-order chi connectivity index (χ1) is 8.79. The van der Waals surface area contributed by atoms with Gasteiger partial charge in [0.15, 0.2) is 0 Å². The molecule has 2 aromatic rings. The van der Waals surface area contributed by atoms with Gasteiger partial charge in [0.1, 0.15) is 5.82 Å². The first-order valence-electron chi connectivity index (χ1n) is 6.98. The molecule has 0 radical (unpaired) electrons. The molecule has 0 saturated carbocycles. The molecule has 0 spiro atoms. The second-order valence-corrected chi connectivity index (χ2v) is 6.60. The minimum Gasteiger partial charge on any atom is -0.331 e. The summed E-state index contributed by atoms with van der Waals surface area (Å²) in [6.07, 6.45) is 0. The standard InChI is InChI=1S/C16H25N3/c1-11(2)17-10-12-7-8-13-14(9-12)19(6)15(18-13)16(3,4)5/h7-9,11,17H,10H2,1-6H3. The van der Waals surface area contributed by atoms with Crippen LogP contribution >= 0.6 is 0 Å². The van der Waals surface area contributed by atoms with Crippen molar-refractivity contribution in [1.29, 1.82) is 0 Å². The van der Waals surface area contributed by atoms with Crippen LogP contribution in [0.4, 0.5) is 0 Å². The van der Waals surface area contributed by atoms with E-state index in [0.717, 1.165) is 17.9 Å². The SMILES string of the molecule is CC(C)NCc1ccc2nc(C(C)(C)C)n(C)c2c1. The lowest BCUT2D eigenvalue weighted by Crippen LogP contribution is -2.21. The third-order valence-corrected chi connectivity index (χ3v) is 3.33. The monoisotopic (exact) mass is 259 g/mol. The Morgan fingerprint density at radius 2 is 1.95 bits per heavy atom. The Labute approximate surface area is 116 Å². The van der Waals surface area contributed by atoms with E-state index in [0.29, 0.717) is 6.04 Å². The van der Waals surface area contributed by atoms with Crippen LogP contribution in [-0.2, 0) is 19.0 Å². The van der Waals surface area contributed by atoms with Gasteiger partial charge in [0.05, 0.1) is 11.0 Å². The molecular formula is C16H25N3. The third kappa shape index (κ3) is 2.98. The maximum atomic E-state index is 4.76. The van der Waals surface area contributed by atoms with E-state index in [-0.39, 0.29) is 5.41 Å². The highest BCUT2D eigenvalue weighted by molar-refractivity contribution is 5.77. The van der Waals surface area contributed by atoms with Crippen LogP contribution in [0.5, 0.6) is 0 Å². The second-order valence-electron chi connectivity index (χ2n) is 6.60. The highest BCUT2D eigenvalue weighted by Crippen LogP contribution is 2.25. The van der Waals surface area contributed by atoms with E-state index in [1.54, 1.807) is 0 Å². The summed E-state index contributed by atoms with van der Waals surface area (Å²) in [6.45, 7) is 11.9. The van der Waals surface area contributed by atoms with Gasteiger partial charge in [-0.3, -0.25) is 0 Å². The Morgan fingerprint density at radius 3 is 2.53 bits per heavy atom. The summed E-state index contributed by atoms with van der Waals surface area (Å²) >= 11 is 0. The third-order valence-electron chi connectivity index (χ3n) is 3.33. The van der Waals surface area contributed by atoms with Crippen molar-refractivity contribution in [3.63, 3.8) is 0 Å². The van der Waals surface area contributed by atoms with Crippen molar-refractivity contribution in [3.05, 3.63) is 29.6 Å². The van der Waals surface area contributed by atoms with Gasteiger partial charge >= 0.3 is 0 Å². The van der Waals surface area contributed by atoms with Crippen molar-refractivity contribution < 1.29 is 0 Å². The number of benzene rings is 1. The van der Waals surface area contributed by atoms with Crippen molar-refractivity contribution in [2.24, 2.45) is 7.05 Å². The minimum absolute atomic E-state index is 0.0735. The summed E-state index contributed by atoms with van der Waals surface area (Å²) in [4.78, 5) is 4.76. The lowest BCUT2D eigenvalue weighted by Gasteiger charge is -2.17. The zero-order valence-electron chi connectivity index (χ0n) is 12.9. The number of rotatable bonds is 3. The molecule has 2 rings (SSSR count). The van der Waals surface area contributed by atoms with Crippen LogP contribution in [0.1, 0.15) is 46.0 Å². The molecule has 0 bridgehead atoms. The summed E-state index contributed by atoms with van der Waals surface area (Å²) in [6, 6.07) is 7.04. The summed E-state index contributed by atoms with van der Waals surface area (Å²) in [5, 5.41) is 3.45. The number of hydrogen-bond donors (Lipinski definition) is 1. The van der Waals surface area contributed by atoms with Gasteiger partial charge in [-0.05, 0) is 17.7 Å². The zero-order valence-corrected chi connectivity index (χ0v) is 12.9. The topological polar surface area (TPSA) is 29.9 Å². The Kier molecular flexibility index (Phi) is 3.68. The predicted molar refractivity (Wildman–Crippen MR) is 81.4 cm³/mol. The lowest BCUT2D eigenvalue weighted by atomic mass is 9.96. The van der Waals surface area contributed by atoms with E-state index in [4.69, 9.17) is 4.98 Å². The molecule has 0 fully saturated rings. The molecule has 3 heteroatoms. The summed E-state index contributed by atoms with van der Waals surface area (Å²) < 4.78 is 2.22. The molecule has 0 amide bonds. The van der Waals surface area contributed by atoms with E-state index >= 15 is 0 Å². The van der Waals surface area contributed by atoms with Gasteiger partial charge in [-0.15, -0.1) is 0 Å². The fourth-order valence-electron chi connectivity index (χ4n) is 2.34. The van der Waals surface area contributed by atoms with E-state index in [9.17, 15) is 0 Å². The summed E-state index contributed by atoms with van der Waals surface area (Å²) in [7, 11) is 2.11. The van der Waals surface area contributed by atoms with Crippen molar-refractivity contribution in [3.8, 4) is 0 Å². The Bertz CT molecular complexity index is 573. The van der Waals surface area contributed by atoms with E-state index in [1.165, 1.54) is 11.1 Å². The number of hydrogen-bond acceptors (Lipinski definition) is 2. The van der Waals surface area contributed by atoms with Crippen LogP contribution in [0.15, 0.2) is 18.2 Å². The van der Waals surface area contributed by atoms with Crippen molar-refractivity contribution in [2.75, 3.05) is 0 Å². The molecule has 104 valence electrons. The van der Waals surface area contributed by atoms with E-state index in [1.807, 2.05) is 0 Å². The summed E-state index contributed by atoms with van der Waals surface area (Å²) in [5.41, 5.74) is 3.68. The molecule has 1 N–H and O–H groups in total. The number of nitrogens with one attached hydrogen (secondary N) is 1. The number of imidazole rings is 1. The van der Waals surface area contributed by atoms with Crippen molar-refractivity contribution in [2.45, 2.75) is 52.6 Å². The number of fused-ring (bicyclic) bond motifs is 1. The van der Waals surface area contributed by atoms with Crippen LogP contribution in [0, 0.1) is 0 Å². The molecule has 0 saturated heterocycles. The predicted octanol–water partition coefficient (Wildman–Crippen LogP) is 3.37. The van der Waals surface area contributed by atoms with Gasteiger partial charge in [-0.25, -0.2) is 4.98 Å².